The van der Waals surface area contributed by atoms with E-state index in [-0.39, 0.29) is 11.8 Å². The minimum atomic E-state index is -0.635. The monoisotopic (exact) mass is 381 g/mol. The highest BCUT2D eigenvalue weighted by molar-refractivity contribution is 5.97. The van der Waals surface area contributed by atoms with E-state index in [0.717, 1.165) is 25.0 Å². The smallest absolute Gasteiger partial charge is 0.253 e. The molecule has 0 bridgehead atoms. The SMILES string of the molecule is CN(CC1CCCOC1)C(=O)C(Cc1ccccc1)NC(=O)c1cccnc1. The molecule has 0 saturated carbocycles. The van der Waals surface area contributed by atoms with E-state index >= 15 is 0 Å². The van der Waals surface area contributed by atoms with Crippen LogP contribution < -0.4 is 5.32 Å². The fourth-order valence-corrected chi connectivity index (χ4v) is 3.48. The van der Waals surface area contributed by atoms with Crippen molar-refractivity contribution in [2.75, 3.05) is 26.8 Å². The van der Waals surface area contributed by atoms with Crippen molar-refractivity contribution in [1.82, 2.24) is 15.2 Å². The number of carbonyl (C=O) groups excluding carboxylic acids is 2. The Kier molecular flexibility index (Phi) is 7.14. The lowest BCUT2D eigenvalue weighted by Crippen LogP contribution is -2.50. The van der Waals surface area contributed by atoms with Crippen molar-refractivity contribution in [3.8, 4) is 0 Å². The van der Waals surface area contributed by atoms with Crippen molar-refractivity contribution in [2.45, 2.75) is 25.3 Å². The Bertz CT molecular complexity index is 761. The summed E-state index contributed by atoms with van der Waals surface area (Å²) in [7, 11) is 1.80. The van der Waals surface area contributed by atoms with Crippen LogP contribution in [-0.4, -0.2) is 54.5 Å². The van der Waals surface area contributed by atoms with Gasteiger partial charge in [-0.2, -0.15) is 0 Å². The predicted molar refractivity (Wildman–Crippen MR) is 107 cm³/mol. The Morgan fingerprint density at radius 2 is 2.07 bits per heavy atom. The van der Waals surface area contributed by atoms with E-state index in [9.17, 15) is 9.59 Å². The largest absolute Gasteiger partial charge is 0.381 e. The molecule has 1 aromatic heterocycles. The van der Waals surface area contributed by atoms with Gasteiger partial charge in [-0.25, -0.2) is 0 Å². The van der Waals surface area contributed by atoms with Crippen LogP contribution in [-0.2, 0) is 16.0 Å². The van der Waals surface area contributed by atoms with Crippen molar-refractivity contribution >= 4 is 11.8 Å². The highest BCUT2D eigenvalue weighted by Crippen LogP contribution is 2.15. The van der Waals surface area contributed by atoms with Gasteiger partial charge in [-0.15, -0.1) is 0 Å². The second kappa shape index (κ2) is 9.99. The molecule has 2 heterocycles. The summed E-state index contributed by atoms with van der Waals surface area (Å²) >= 11 is 0. The molecule has 3 rings (SSSR count). The summed E-state index contributed by atoms with van der Waals surface area (Å²) in [6, 6.07) is 12.5. The van der Waals surface area contributed by atoms with Gasteiger partial charge in [0.05, 0.1) is 12.2 Å². The summed E-state index contributed by atoms with van der Waals surface area (Å²) in [5.41, 5.74) is 1.44. The summed E-state index contributed by atoms with van der Waals surface area (Å²) in [4.78, 5) is 31.5. The molecule has 1 aliphatic heterocycles. The Morgan fingerprint density at radius 1 is 1.25 bits per heavy atom. The first-order valence-electron chi connectivity index (χ1n) is 9.71. The third-order valence-corrected chi connectivity index (χ3v) is 4.97. The van der Waals surface area contributed by atoms with Gasteiger partial charge < -0.3 is 15.0 Å². The maximum absolute atomic E-state index is 13.1. The van der Waals surface area contributed by atoms with Crippen LogP contribution in [0.4, 0.5) is 0 Å². The van der Waals surface area contributed by atoms with Gasteiger partial charge in [0, 0.05) is 39.0 Å². The fraction of sp³-hybridized carbons (Fsp3) is 0.409. The third kappa shape index (κ3) is 5.63. The zero-order chi connectivity index (χ0) is 19.8. The lowest BCUT2D eigenvalue weighted by atomic mass is 10.0. The van der Waals surface area contributed by atoms with E-state index < -0.39 is 6.04 Å². The Labute approximate surface area is 165 Å². The molecule has 6 heteroatoms. The summed E-state index contributed by atoms with van der Waals surface area (Å²) in [5, 5.41) is 2.90. The number of nitrogens with one attached hydrogen (secondary N) is 1. The first kappa shape index (κ1) is 20.0. The highest BCUT2D eigenvalue weighted by Gasteiger charge is 2.27. The van der Waals surface area contributed by atoms with Gasteiger partial charge in [0.15, 0.2) is 0 Å². The molecule has 2 atom stereocenters. The third-order valence-electron chi connectivity index (χ3n) is 4.97. The van der Waals surface area contributed by atoms with Crippen molar-refractivity contribution in [1.29, 1.82) is 0 Å². The molecule has 2 amide bonds. The number of aromatic nitrogens is 1. The topological polar surface area (TPSA) is 71.5 Å². The molecule has 2 aromatic rings. The second-order valence-electron chi connectivity index (χ2n) is 7.26. The van der Waals surface area contributed by atoms with Crippen LogP contribution >= 0.6 is 0 Å². The van der Waals surface area contributed by atoms with E-state index in [1.54, 1.807) is 30.3 Å². The van der Waals surface area contributed by atoms with E-state index in [0.29, 0.717) is 31.1 Å². The summed E-state index contributed by atoms with van der Waals surface area (Å²) in [6.07, 6.45) is 5.64. The number of carbonyl (C=O) groups is 2. The standard InChI is InChI=1S/C22H27N3O3/c1-25(15-18-9-6-12-28-16-18)22(27)20(13-17-7-3-2-4-8-17)24-21(26)19-10-5-11-23-14-19/h2-5,7-8,10-11,14,18,20H,6,9,12-13,15-16H2,1H3,(H,24,26). The van der Waals surface area contributed by atoms with Crippen LogP contribution in [0.3, 0.4) is 0 Å². The Hall–Kier alpha value is -2.73. The summed E-state index contributed by atoms with van der Waals surface area (Å²) in [6.45, 7) is 2.11. The van der Waals surface area contributed by atoms with Gasteiger partial charge in [0.25, 0.3) is 5.91 Å². The number of hydrogen-bond acceptors (Lipinski definition) is 4. The van der Waals surface area contributed by atoms with E-state index in [1.165, 1.54) is 6.20 Å². The number of hydrogen-bond donors (Lipinski definition) is 1. The van der Waals surface area contributed by atoms with Crippen LogP contribution in [0.2, 0.25) is 0 Å². The lowest BCUT2D eigenvalue weighted by molar-refractivity contribution is -0.133. The maximum atomic E-state index is 13.1. The zero-order valence-corrected chi connectivity index (χ0v) is 16.2. The first-order valence-corrected chi connectivity index (χ1v) is 9.71. The van der Waals surface area contributed by atoms with Crippen LogP contribution in [0, 0.1) is 5.92 Å². The molecular weight excluding hydrogens is 354 g/mol. The molecule has 6 nitrogen and oxygen atoms in total. The molecule has 0 radical (unpaired) electrons. The molecule has 1 N–H and O–H groups in total. The van der Waals surface area contributed by atoms with Crippen molar-refractivity contribution in [3.05, 3.63) is 66.0 Å². The van der Waals surface area contributed by atoms with Crippen LogP contribution in [0.25, 0.3) is 0 Å². The fourth-order valence-electron chi connectivity index (χ4n) is 3.48. The van der Waals surface area contributed by atoms with Gasteiger partial charge in [0.2, 0.25) is 5.91 Å². The molecule has 0 aliphatic carbocycles. The van der Waals surface area contributed by atoms with Gasteiger partial charge >= 0.3 is 0 Å². The molecule has 2 unspecified atom stereocenters. The number of benzene rings is 1. The van der Waals surface area contributed by atoms with Crippen molar-refractivity contribution in [3.63, 3.8) is 0 Å². The van der Waals surface area contributed by atoms with Gasteiger partial charge in [-0.3, -0.25) is 14.6 Å². The number of amides is 2. The lowest BCUT2D eigenvalue weighted by Gasteiger charge is -2.30. The van der Waals surface area contributed by atoms with E-state index in [4.69, 9.17) is 4.74 Å². The van der Waals surface area contributed by atoms with Gasteiger partial charge in [0.1, 0.15) is 6.04 Å². The van der Waals surface area contributed by atoms with Crippen LogP contribution in [0.5, 0.6) is 0 Å². The van der Waals surface area contributed by atoms with Crippen LogP contribution in [0.15, 0.2) is 54.9 Å². The molecule has 148 valence electrons. The molecule has 28 heavy (non-hydrogen) atoms. The summed E-state index contributed by atoms with van der Waals surface area (Å²) < 4.78 is 5.53. The molecule has 1 aliphatic rings. The number of likely N-dealkylation sites (N-methyl/N-ethyl adjacent to an activating group) is 1. The zero-order valence-electron chi connectivity index (χ0n) is 16.2. The van der Waals surface area contributed by atoms with Crippen LogP contribution in [0.1, 0.15) is 28.8 Å². The van der Waals surface area contributed by atoms with Crippen molar-refractivity contribution in [2.24, 2.45) is 5.92 Å². The molecule has 0 spiro atoms. The molecular formula is C22H27N3O3. The molecule has 1 fully saturated rings. The molecule has 1 aromatic carbocycles. The predicted octanol–water partition coefficient (Wildman–Crippen LogP) is 2.31. The van der Waals surface area contributed by atoms with Gasteiger partial charge in [-0.1, -0.05) is 30.3 Å². The normalized spacial score (nSPS) is 17.5. The number of rotatable bonds is 7. The summed E-state index contributed by atoms with van der Waals surface area (Å²) in [5.74, 6) is -0.0439. The minimum absolute atomic E-state index is 0.0910. The first-order chi connectivity index (χ1) is 13.6. The number of nitrogens with zero attached hydrogens (tertiary/aromatic N) is 2. The maximum Gasteiger partial charge on any atom is 0.253 e. The Balaban J connectivity index is 1.70. The average molecular weight is 381 g/mol. The highest BCUT2D eigenvalue weighted by atomic mass is 16.5. The second-order valence-corrected chi connectivity index (χ2v) is 7.26. The Morgan fingerprint density at radius 3 is 2.75 bits per heavy atom. The quantitative estimate of drug-likeness (QED) is 0.799. The number of pyridine rings is 1. The number of ether oxygens (including phenoxy) is 1. The van der Waals surface area contributed by atoms with E-state index in [2.05, 4.69) is 10.3 Å². The average Bonchev–Trinajstić information content (AvgIpc) is 2.74. The molecule has 1 saturated heterocycles. The minimum Gasteiger partial charge on any atom is -0.381 e. The van der Waals surface area contributed by atoms with E-state index in [1.807, 2.05) is 30.3 Å². The van der Waals surface area contributed by atoms with Gasteiger partial charge in [-0.05, 0) is 36.5 Å². The van der Waals surface area contributed by atoms with Crippen molar-refractivity contribution < 1.29 is 14.3 Å².